The molecule has 0 radical (unpaired) electrons. The second-order valence-electron chi connectivity index (χ2n) is 4.31. The van der Waals surface area contributed by atoms with Gasteiger partial charge in [0.15, 0.2) is 0 Å². The average Bonchev–Trinajstić information content (AvgIpc) is 2.39. The Balaban J connectivity index is 2.81. The Labute approximate surface area is 123 Å². The molecule has 7 nitrogen and oxygen atoms in total. The van der Waals surface area contributed by atoms with E-state index in [1.807, 2.05) is 0 Å². The standard InChI is InChI=1S/C13H17NO6S/c1-3-20-12(15)6-7-21(18,19)14-11-8-10(13(16)17)5-4-9(11)2/h4-5,8,14H,3,6-7H2,1-2H3,(H,16,17). The van der Waals surface area contributed by atoms with E-state index in [2.05, 4.69) is 9.46 Å². The van der Waals surface area contributed by atoms with Crippen molar-refractivity contribution in [1.82, 2.24) is 0 Å². The van der Waals surface area contributed by atoms with Gasteiger partial charge in [-0.3, -0.25) is 9.52 Å². The van der Waals surface area contributed by atoms with Gasteiger partial charge < -0.3 is 9.84 Å². The van der Waals surface area contributed by atoms with Gasteiger partial charge in [-0.25, -0.2) is 13.2 Å². The lowest BCUT2D eigenvalue weighted by molar-refractivity contribution is -0.142. The van der Waals surface area contributed by atoms with E-state index in [4.69, 9.17) is 5.11 Å². The zero-order chi connectivity index (χ0) is 16.0. The smallest absolute Gasteiger partial charge is 0.335 e. The van der Waals surface area contributed by atoms with Crippen LogP contribution >= 0.6 is 0 Å². The molecule has 2 N–H and O–H groups in total. The monoisotopic (exact) mass is 315 g/mol. The molecule has 116 valence electrons. The van der Waals surface area contributed by atoms with Crippen LogP contribution in [0.4, 0.5) is 5.69 Å². The fourth-order valence-electron chi connectivity index (χ4n) is 1.53. The van der Waals surface area contributed by atoms with Crippen molar-refractivity contribution in [2.45, 2.75) is 20.3 Å². The van der Waals surface area contributed by atoms with Crippen LogP contribution in [0.1, 0.15) is 29.3 Å². The maximum absolute atomic E-state index is 11.9. The van der Waals surface area contributed by atoms with Crippen molar-refractivity contribution in [3.8, 4) is 0 Å². The predicted molar refractivity (Wildman–Crippen MR) is 76.8 cm³/mol. The third-order valence-electron chi connectivity index (χ3n) is 2.63. The van der Waals surface area contributed by atoms with Gasteiger partial charge in [0, 0.05) is 0 Å². The van der Waals surface area contributed by atoms with Crippen LogP contribution in [0.15, 0.2) is 18.2 Å². The highest BCUT2D eigenvalue weighted by Crippen LogP contribution is 2.18. The Morgan fingerprint density at radius 3 is 2.57 bits per heavy atom. The number of rotatable bonds is 7. The maximum atomic E-state index is 11.9. The van der Waals surface area contributed by atoms with Crippen molar-refractivity contribution in [1.29, 1.82) is 0 Å². The van der Waals surface area contributed by atoms with Crippen LogP contribution in [0.3, 0.4) is 0 Å². The number of carbonyl (C=O) groups excluding carboxylic acids is 1. The van der Waals surface area contributed by atoms with Crippen molar-refractivity contribution >= 4 is 27.6 Å². The molecule has 0 atom stereocenters. The first kappa shape index (κ1) is 17.0. The topological polar surface area (TPSA) is 110 Å². The first-order valence-corrected chi connectivity index (χ1v) is 7.90. The number of ether oxygens (including phenoxy) is 1. The lowest BCUT2D eigenvalue weighted by atomic mass is 10.1. The number of esters is 1. The zero-order valence-corrected chi connectivity index (χ0v) is 12.6. The minimum Gasteiger partial charge on any atom is -0.478 e. The number of anilines is 1. The lowest BCUT2D eigenvalue weighted by Gasteiger charge is -2.11. The molecule has 0 aromatic heterocycles. The van der Waals surface area contributed by atoms with Gasteiger partial charge >= 0.3 is 11.9 Å². The van der Waals surface area contributed by atoms with Crippen molar-refractivity contribution in [2.75, 3.05) is 17.1 Å². The SMILES string of the molecule is CCOC(=O)CCS(=O)(=O)Nc1cc(C(=O)O)ccc1C. The molecule has 0 aliphatic rings. The molecule has 0 fully saturated rings. The molecule has 1 aromatic rings. The predicted octanol–water partition coefficient (Wildman–Crippen LogP) is 1.39. The molecule has 1 rings (SSSR count). The molecule has 0 aliphatic carbocycles. The summed E-state index contributed by atoms with van der Waals surface area (Å²) in [5, 5.41) is 8.90. The van der Waals surface area contributed by atoms with E-state index >= 15 is 0 Å². The van der Waals surface area contributed by atoms with Gasteiger partial charge in [0.05, 0.1) is 30.0 Å². The van der Waals surface area contributed by atoms with Gasteiger partial charge in [0.25, 0.3) is 0 Å². The molecule has 0 unspecified atom stereocenters. The van der Waals surface area contributed by atoms with Crippen LogP contribution < -0.4 is 4.72 Å². The summed E-state index contributed by atoms with van der Waals surface area (Å²) in [5.41, 5.74) is 0.738. The number of aromatic carboxylic acids is 1. The Morgan fingerprint density at radius 2 is 2.00 bits per heavy atom. The highest BCUT2D eigenvalue weighted by Gasteiger charge is 2.16. The van der Waals surface area contributed by atoms with E-state index in [0.717, 1.165) is 0 Å². The van der Waals surface area contributed by atoms with Gasteiger partial charge in [-0.05, 0) is 31.5 Å². The van der Waals surface area contributed by atoms with Crippen LogP contribution in [0.2, 0.25) is 0 Å². The summed E-state index contributed by atoms with van der Waals surface area (Å²) >= 11 is 0. The fraction of sp³-hybridized carbons (Fsp3) is 0.385. The summed E-state index contributed by atoms with van der Waals surface area (Å²) in [6, 6.07) is 4.13. The highest BCUT2D eigenvalue weighted by atomic mass is 32.2. The summed E-state index contributed by atoms with van der Waals surface area (Å²) in [6.07, 6.45) is -0.263. The zero-order valence-electron chi connectivity index (χ0n) is 11.8. The number of sulfonamides is 1. The average molecular weight is 315 g/mol. The third-order valence-corrected chi connectivity index (χ3v) is 3.90. The number of carbonyl (C=O) groups is 2. The van der Waals surface area contributed by atoms with Crippen molar-refractivity contribution in [2.24, 2.45) is 0 Å². The number of carboxylic acids is 1. The van der Waals surface area contributed by atoms with Crippen LogP contribution in [0, 0.1) is 6.92 Å². The Hall–Kier alpha value is -2.09. The number of carboxylic acid groups (broad SMARTS) is 1. The normalized spacial score (nSPS) is 11.0. The van der Waals surface area contributed by atoms with Gasteiger partial charge in [-0.15, -0.1) is 0 Å². The van der Waals surface area contributed by atoms with E-state index in [1.54, 1.807) is 13.8 Å². The number of benzene rings is 1. The molecule has 0 saturated heterocycles. The molecule has 21 heavy (non-hydrogen) atoms. The summed E-state index contributed by atoms with van der Waals surface area (Å²) < 4.78 is 30.7. The summed E-state index contributed by atoms with van der Waals surface area (Å²) in [5.74, 6) is -2.18. The first-order chi connectivity index (χ1) is 9.75. The Bertz CT molecular complexity index is 638. The number of hydrogen-bond acceptors (Lipinski definition) is 5. The van der Waals surface area contributed by atoms with Gasteiger partial charge in [0.2, 0.25) is 10.0 Å². The quantitative estimate of drug-likeness (QED) is 0.736. The first-order valence-electron chi connectivity index (χ1n) is 6.25. The molecule has 0 spiro atoms. The van der Waals surface area contributed by atoms with Crippen LogP contribution in [0.5, 0.6) is 0 Å². The van der Waals surface area contributed by atoms with E-state index in [9.17, 15) is 18.0 Å². The molecule has 0 saturated carbocycles. The van der Waals surface area contributed by atoms with Crippen molar-refractivity contribution < 1.29 is 27.9 Å². The molecular formula is C13H17NO6S. The molecule has 0 heterocycles. The molecular weight excluding hydrogens is 298 g/mol. The number of nitrogens with one attached hydrogen (secondary N) is 1. The summed E-state index contributed by atoms with van der Waals surface area (Å²) in [6.45, 7) is 3.46. The minimum atomic E-state index is -3.76. The molecule has 0 amide bonds. The van der Waals surface area contributed by atoms with E-state index in [0.29, 0.717) is 5.56 Å². The largest absolute Gasteiger partial charge is 0.478 e. The molecule has 0 bridgehead atoms. The minimum absolute atomic E-state index is 0.0244. The van der Waals surface area contributed by atoms with Crippen LogP contribution in [0.25, 0.3) is 0 Å². The van der Waals surface area contributed by atoms with Crippen LogP contribution in [-0.4, -0.2) is 37.8 Å². The Kier molecular flexibility index (Phi) is 5.71. The maximum Gasteiger partial charge on any atom is 0.335 e. The number of hydrogen-bond donors (Lipinski definition) is 2. The van der Waals surface area contributed by atoms with Crippen LogP contribution in [-0.2, 0) is 19.6 Å². The van der Waals surface area contributed by atoms with E-state index < -0.39 is 27.7 Å². The van der Waals surface area contributed by atoms with Crippen molar-refractivity contribution in [3.05, 3.63) is 29.3 Å². The third kappa shape index (κ3) is 5.42. The summed E-state index contributed by atoms with van der Waals surface area (Å²) in [7, 11) is -3.76. The summed E-state index contributed by atoms with van der Waals surface area (Å²) in [4.78, 5) is 22.0. The van der Waals surface area contributed by atoms with Gasteiger partial charge in [-0.1, -0.05) is 6.07 Å². The second-order valence-corrected chi connectivity index (χ2v) is 6.15. The Morgan fingerprint density at radius 1 is 1.33 bits per heavy atom. The molecule has 1 aromatic carbocycles. The number of aryl methyl sites for hydroxylation is 1. The van der Waals surface area contributed by atoms with Crippen molar-refractivity contribution in [3.63, 3.8) is 0 Å². The second kappa shape index (κ2) is 7.07. The van der Waals surface area contributed by atoms with E-state index in [-0.39, 0.29) is 24.3 Å². The van der Waals surface area contributed by atoms with Gasteiger partial charge in [0.1, 0.15) is 0 Å². The lowest BCUT2D eigenvalue weighted by Crippen LogP contribution is -2.20. The highest BCUT2D eigenvalue weighted by molar-refractivity contribution is 7.92. The molecule has 0 aliphatic heterocycles. The molecule has 8 heteroatoms. The van der Waals surface area contributed by atoms with Gasteiger partial charge in [-0.2, -0.15) is 0 Å². The fourth-order valence-corrected chi connectivity index (χ4v) is 2.63. The van der Waals surface area contributed by atoms with E-state index in [1.165, 1.54) is 18.2 Å².